The van der Waals surface area contributed by atoms with E-state index >= 15 is 0 Å². The fourth-order valence-electron chi connectivity index (χ4n) is 5.47. The highest BCUT2D eigenvalue weighted by atomic mass is 16.6. The molecular formula is C45H40N2O10. The number of ether oxygens (including phenoxy) is 3. The number of esters is 2. The van der Waals surface area contributed by atoms with Crippen molar-refractivity contribution in [2.75, 3.05) is 13.2 Å². The number of nitrogens with one attached hydrogen (secondary N) is 2. The van der Waals surface area contributed by atoms with Crippen molar-refractivity contribution in [3.63, 3.8) is 0 Å². The first-order valence-electron chi connectivity index (χ1n) is 17.9. The van der Waals surface area contributed by atoms with E-state index in [1.54, 1.807) is 24.3 Å². The Kier molecular flexibility index (Phi) is 14.6. The molecule has 0 saturated heterocycles. The summed E-state index contributed by atoms with van der Waals surface area (Å²) in [7, 11) is 0. The number of rotatable bonds is 14. The molecule has 12 nitrogen and oxygen atoms in total. The summed E-state index contributed by atoms with van der Waals surface area (Å²) in [5.41, 5.74) is 2.35. The molecule has 0 fully saturated rings. The number of carboxylic acids is 1. The zero-order valence-corrected chi connectivity index (χ0v) is 31.0. The number of alkyl carbamates (subject to hydrolysis) is 1. The smallest absolute Gasteiger partial charge is 0.408 e. The first-order chi connectivity index (χ1) is 27.5. The van der Waals surface area contributed by atoms with Crippen molar-refractivity contribution >= 4 is 57.2 Å². The normalized spacial score (nSPS) is 11.5. The van der Waals surface area contributed by atoms with Gasteiger partial charge < -0.3 is 30.0 Å². The third-order valence-electron chi connectivity index (χ3n) is 8.53. The van der Waals surface area contributed by atoms with Crippen molar-refractivity contribution in [2.24, 2.45) is 0 Å². The van der Waals surface area contributed by atoms with Crippen LogP contribution in [-0.4, -0.2) is 66.1 Å². The fraction of sp³-hybridized carbons (Fsp3) is 0.156. The molecule has 2 atom stereocenters. The van der Waals surface area contributed by atoms with Gasteiger partial charge in [0.1, 0.15) is 18.7 Å². The van der Waals surface area contributed by atoms with Gasteiger partial charge in [0.15, 0.2) is 13.2 Å². The first-order valence-corrected chi connectivity index (χ1v) is 17.9. The summed E-state index contributed by atoms with van der Waals surface area (Å²) < 4.78 is 15.3. The number of hydrogen-bond acceptors (Lipinski definition) is 9. The molecule has 6 aromatic rings. The van der Waals surface area contributed by atoms with Crippen LogP contribution in [0.3, 0.4) is 0 Å². The summed E-state index contributed by atoms with van der Waals surface area (Å²) in [6, 6.07) is 41.8. The highest BCUT2D eigenvalue weighted by Gasteiger charge is 2.25. The van der Waals surface area contributed by atoms with Crippen molar-refractivity contribution in [2.45, 2.75) is 32.0 Å². The highest BCUT2D eigenvalue weighted by Crippen LogP contribution is 2.18. The molecule has 0 unspecified atom stereocenters. The summed E-state index contributed by atoms with van der Waals surface area (Å²) in [4.78, 5) is 71.9. The number of fused-ring (bicyclic) bond motifs is 2. The van der Waals surface area contributed by atoms with Crippen LogP contribution in [0.1, 0.15) is 38.8 Å². The average molecular weight is 769 g/mol. The Morgan fingerprint density at radius 2 is 1.00 bits per heavy atom. The standard InChI is InChI=1S/C25H18O5.C20H22N2O5/c26-23(15-29-24(27)21-11-9-17-5-1-3-7-19(17)13-21)16-30-25(28)22-12-10-18-6-2-4-8-20(18)14-22;1-14(19(24)25)21-18(23)17(12-15-8-4-2-5-9-15)22-20(26)27-13-16-10-6-3-7-11-16/h1-14H,15-16H2;2-11,14,17H,12-13H2,1H3,(H,21,23)(H,22,26)(H,24,25)/t;14-,17-/m.0/s1. The second-order valence-corrected chi connectivity index (χ2v) is 12.8. The number of aliphatic carboxylic acids is 1. The molecule has 0 aromatic heterocycles. The molecule has 57 heavy (non-hydrogen) atoms. The number of carbonyl (C=O) groups is 6. The number of ketones is 1. The number of benzene rings is 6. The Morgan fingerprint density at radius 3 is 1.49 bits per heavy atom. The van der Waals surface area contributed by atoms with Gasteiger partial charge in [-0.15, -0.1) is 0 Å². The van der Waals surface area contributed by atoms with Crippen LogP contribution in [0, 0.1) is 0 Å². The second kappa shape index (κ2) is 20.4. The minimum atomic E-state index is -1.16. The van der Waals surface area contributed by atoms with E-state index < -0.39 is 61.0 Å². The monoisotopic (exact) mass is 768 g/mol. The van der Waals surface area contributed by atoms with E-state index in [-0.39, 0.29) is 13.0 Å². The van der Waals surface area contributed by atoms with Crippen molar-refractivity contribution in [3.8, 4) is 0 Å². The largest absolute Gasteiger partial charge is 0.480 e. The molecule has 0 aliphatic heterocycles. The van der Waals surface area contributed by atoms with Gasteiger partial charge in [-0.3, -0.25) is 14.4 Å². The second-order valence-electron chi connectivity index (χ2n) is 12.8. The molecule has 2 amide bonds. The number of carboxylic acid groups (broad SMARTS) is 1. The van der Waals surface area contributed by atoms with Crippen LogP contribution in [0.25, 0.3) is 21.5 Å². The van der Waals surface area contributed by atoms with Gasteiger partial charge in [-0.1, -0.05) is 121 Å². The van der Waals surface area contributed by atoms with E-state index in [1.807, 2.05) is 121 Å². The lowest BCUT2D eigenvalue weighted by Crippen LogP contribution is -2.51. The van der Waals surface area contributed by atoms with Crippen LogP contribution in [-0.2, 0) is 41.6 Å². The first kappa shape index (κ1) is 40.8. The number of amides is 2. The van der Waals surface area contributed by atoms with Gasteiger partial charge in [0.2, 0.25) is 11.7 Å². The van der Waals surface area contributed by atoms with Gasteiger partial charge in [-0.05, 0) is 63.9 Å². The quantitative estimate of drug-likeness (QED) is 0.0800. The summed E-state index contributed by atoms with van der Waals surface area (Å²) in [5.74, 6) is -3.46. The lowest BCUT2D eigenvalue weighted by molar-refractivity contribution is -0.141. The van der Waals surface area contributed by atoms with Crippen molar-refractivity contribution in [3.05, 3.63) is 168 Å². The topological polar surface area (TPSA) is 174 Å². The van der Waals surface area contributed by atoms with Crippen LogP contribution in [0.4, 0.5) is 4.79 Å². The van der Waals surface area contributed by atoms with Gasteiger partial charge in [-0.25, -0.2) is 14.4 Å². The van der Waals surface area contributed by atoms with Crippen LogP contribution in [0.2, 0.25) is 0 Å². The molecular weight excluding hydrogens is 728 g/mol. The van der Waals surface area contributed by atoms with Gasteiger partial charge in [0.05, 0.1) is 11.1 Å². The predicted octanol–water partition coefficient (Wildman–Crippen LogP) is 6.69. The molecule has 6 rings (SSSR count). The van der Waals surface area contributed by atoms with Crippen LogP contribution < -0.4 is 10.6 Å². The molecule has 3 N–H and O–H groups in total. The van der Waals surface area contributed by atoms with Crippen LogP contribution in [0.15, 0.2) is 146 Å². The Morgan fingerprint density at radius 1 is 0.544 bits per heavy atom. The lowest BCUT2D eigenvalue weighted by atomic mass is 10.1. The van der Waals surface area contributed by atoms with Crippen LogP contribution in [0.5, 0.6) is 0 Å². The van der Waals surface area contributed by atoms with Crippen molar-refractivity contribution < 1.29 is 48.1 Å². The fourth-order valence-corrected chi connectivity index (χ4v) is 5.47. The Bertz CT molecular complexity index is 2250. The SMILES string of the molecule is C[C@H](NC(=O)[C@H](Cc1ccccc1)NC(=O)OCc1ccccc1)C(=O)O.O=C(COC(=O)c1ccc2ccccc2c1)COC(=O)c1ccc2ccccc2c1. The maximum atomic E-state index is 12.4. The van der Waals surface area contributed by atoms with E-state index in [1.165, 1.54) is 6.92 Å². The Labute approximate surface area is 328 Å². The maximum absolute atomic E-state index is 12.4. The minimum absolute atomic E-state index is 0.0673. The number of carbonyl (C=O) groups excluding carboxylic acids is 5. The van der Waals surface area contributed by atoms with Crippen molar-refractivity contribution in [1.29, 1.82) is 0 Å². The summed E-state index contributed by atoms with van der Waals surface area (Å²) >= 11 is 0. The number of Topliss-reactive ketones (excluding diaryl/α,β-unsaturated/α-hetero) is 1. The third kappa shape index (κ3) is 12.6. The van der Waals surface area contributed by atoms with E-state index in [4.69, 9.17) is 19.3 Å². The highest BCUT2D eigenvalue weighted by molar-refractivity contribution is 5.98. The third-order valence-corrected chi connectivity index (χ3v) is 8.53. The predicted molar refractivity (Wildman–Crippen MR) is 212 cm³/mol. The van der Waals surface area contributed by atoms with Crippen molar-refractivity contribution in [1.82, 2.24) is 10.6 Å². The van der Waals surface area contributed by atoms with Gasteiger partial charge in [0.25, 0.3) is 0 Å². The lowest BCUT2D eigenvalue weighted by Gasteiger charge is -2.20. The van der Waals surface area contributed by atoms with E-state index in [2.05, 4.69) is 10.6 Å². The van der Waals surface area contributed by atoms with Gasteiger partial charge in [0, 0.05) is 6.42 Å². The molecule has 0 bridgehead atoms. The van der Waals surface area contributed by atoms with Gasteiger partial charge >= 0.3 is 24.0 Å². The molecule has 0 aliphatic carbocycles. The minimum Gasteiger partial charge on any atom is -0.480 e. The Balaban J connectivity index is 0.000000219. The molecule has 0 aliphatic rings. The van der Waals surface area contributed by atoms with Gasteiger partial charge in [-0.2, -0.15) is 0 Å². The van der Waals surface area contributed by atoms with Crippen LogP contribution >= 0.6 is 0 Å². The molecule has 0 radical (unpaired) electrons. The van der Waals surface area contributed by atoms with E-state index in [0.717, 1.165) is 32.7 Å². The molecule has 0 heterocycles. The maximum Gasteiger partial charge on any atom is 0.408 e. The molecule has 12 heteroatoms. The average Bonchev–Trinajstić information content (AvgIpc) is 3.24. The number of hydrogen-bond donors (Lipinski definition) is 3. The zero-order chi connectivity index (χ0) is 40.6. The summed E-state index contributed by atoms with van der Waals surface area (Å²) in [5, 5.41) is 17.7. The molecule has 0 spiro atoms. The molecule has 6 aromatic carbocycles. The molecule has 0 saturated carbocycles. The zero-order valence-electron chi connectivity index (χ0n) is 31.0. The molecule has 290 valence electrons. The summed E-state index contributed by atoms with van der Waals surface area (Å²) in [6.07, 6.45) is -0.544. The van der Waals surface area contributed by atoms with E-state index in [0.29, 0.717) is 11.1 Å². The summed E-state index contributed by atoms with van der Waals surface area (Å²) in [6.45, 7) is 0.499. The van der Waals surface area contributed by atoms with E-state index in [9.17, 15) is 28.8 Å². The Hall–Kier alpha value is -7.34.